The second-order valence-electron chi connectivity index (χ2n) is 4.75. The van der Waals surface area contributed by atoms with E-state index < -0.39 is 0 Å². The van der Waals surface area contributed by atoms with Crippen molar-refractivity contribution in [3.8, 4) is 0 Å². The smallest absolute Gasteiger partial charge is 0.191 e. The van der Waals surface area contributed by atoms with Crippen LogP contribution in [-0.2, 0) is 6.54 Å². The van der Waals surface area contributed by atoms with Gasteiger partial charge in [0.2, 0.25) is 0 Å². The number of aliphatic imine (C=N–C) groups is 1. The van der Waals surface area contributed by atoms with Gasteiger partial charge < -0.3 is 10.6 Å². The van der Waals surface area contributed by atoms with Gasteiger partial charge in [0.05, 0.1) is 6.54 Å². The van der Waals surface area contributed by atoms with E-state index in [2.05, 4.69) is 41.4 Å². The van der Waals surface area contributed by atoms with Gasteiger partial charge in [-0.1, -0.05) is 44.4 Å². The van der Waals surface area contributed by atoms with E-state index in [-0.39, 0.29) is 0 Å². The lowest BCUT2D eigenvalue weighted by Gasteiger charge is -2.16. The molecule has 0 aromatic carbocycles. The van der Waals surface area contributed by atoms with Crippen LogP contribution in [0, 0.1) is 5.92 Å². The standard InChI is InChI=1S/C15H25ClN4/c1-4-12(5-2)9-19-15(17-6-3)20-11-13-7-8-14(16)18-10-13/h7-8,10,12H,4-6,9,11H2,1-3H3,(H2,17,19,20). The van der Waals surface area contributed by atoms with E-state index in [4.69, 9.17) is 11.6 Å². The van der Waals surface area contributed by atoms with Gasteiger partial charge in [0.25, 0.3) is 0 Å². The fourth-order valence-corrected chi connectivity index (χ4v) is 1.94. The van der Waals surface area contributed by atoms with E-state index in [1.165, 1.54) is 12.8 Å². The summed E-state index contributed by atoms with van der Waals surface area (Å²) in [5.41, 5.74) is 1.05. The Bertz CT molecular complexity index is 399. The predicted octanol–water partition coefficient (Wildman–Crippen LogP) is 3.23. The van der Waals surface area contributed by atoms with E-state index in [0.717, 1.165) is 24.6 Å². The number of halogens is 1. The van der Waals surface area contributed by atoms with Crippen molar-refractivity contribution in [1.82, 2.24) is 15.6 Å². The Morgan fingerprint density at radius 1 is 1.25 bits per heavy atom. The Morgan fingerprint density at radius 2 is 2.00 bits per heavy atom. The molecule has 0 spiro atoms. The first-order valence-electron chi connectivity index (χ1n) is 7.32. The number of hydrogen-bond acceptors (Lipinski definition) is 2. The molecule has 20 heavy (non-hydrogen) atoms. The van der Waals surface area contributed by atoms with E-state index >= 15 is 0 Å². The molecule has 1 aromatic heterocycles. The van der Waals surface area contributed by atoms with Crippen molar-refractivity contribution in [3.05, 3.63) is 29.0 Å². The highest BCUT2D eigenvalue weighted by molar-refractivity contribution is 6.29. The van der Waals surface area contributed by atoms with Crippen LogP contribution in [0.1, 0.15) is 39.2 Å². The highest BCUT2D eigenvalue weighted by Crippen LogP contribution is 2.07. The Hall–Kier alpha value is -1.29. The molecule has 0 amide bonds. The van der Waals surface area contributed by atoms with E-state index in [1.807, 2.05) is 6.07 Å². The Kier molecular flexibility index (Phi) is 8.04. The molecule has 1 aromatic rings. The zero-order chi connectivity index (χ0) is 14.8. The predicted molar refractivity (Wildman–Crippen MR) is 86.1 cm³/mol. The second kappa shape index (κ2) is 9.59. The van der Waals surface area contributed by atoms with Gasteiger partial charge in [-0.05, 0) is 24.5 Å². The fourth-order valence-electron chi connectivity index (χ4n) is 1.83. The number of hydrogen-bond donors (Lipinski definition) is 2. The summed E-state index contributed by atoms with van der Waals surface area (Å²) in [6.07, 6.45) is 4.13. The normalized spacial score (nSPS) is 11.8. The van der Waals surface area contributed by atoms with Crippen LogP contribution in [0.25, 0.3) is 0 Å². The summed E-state index contributed by atoms with van der Waals surface area (Å²) in [7, 11) is 0. The topological polar surface area (TPSA) is 49.3 Å². The van der Waals surface area contributed by atoms with Gasteiger partial charge in [-0.15, -0.1) is 0 Å². The van der Waals surface area contributed by atoms with E-state index in [9.17, 15) is 0 Å². The van der Waals surface area contributed by atoms with Crippen molar-refractivity contribution in [1.29, 1.82) is 0 Å². The lowest BCUT2D eigenvalue weighted by molar-refractivity contribution is 0.481. The third-order valence-corrected chi connectivity index (χ3v) is 3.49. The summed E-state index contributed by atoms with van der Waals surface area (Å²) in [5.74, 6) is 1.55. The maximum absolute atomic E-state index is 5.77. The van der Waals surface area contributed by atoms with Crippen LogP contribution < -0.4 is 10.6 Å². The third-order valence-electron chi connectivity index (χ3n) is 3.27. The second-order valence-corrected chi connectivity index (χ2v) is 5.14. The van der Waals surface area contributed by atoms with Crippen molar-refractivity contribution in [3.63, 3.8) is 0 Å². The maximum atomic E-state index is 5.77. The zero-order valence-electron chi connectivity index (χ0n) is 12.6. The molecule has 0 saturated heterocycles. The molecule has 0 fully saturated rings. The summed E-state index contributed by atoms with van der Waals surface area (Å²) >= 11 is 5.77. The number of aromatic nitrogens is 1. The van der Waals surface area contributed by atoms with Crippen LogP contribution in [0.15, 0.2) is 23.3 Å². The first-order chi connectivity index (χ1) is 9.69. The third kappa shape index (κ3) is 6.24. The minimum Gasteiger partial charge on any atom is -0.357 e. The Balaban J connectivity index is 2.55. The van der Waals surface area contributed by atoms with Gasteiger partial charge in [0.1, 0.15) is 5.15 Å². The summed E-state index contributed by atoms with van der Waals surface area (Å²) in [6, 6.07) is 3.74. The number of rotatable bonds is 7. The van der Waals surface area contributed by atoms with Crippen molar-refractivity contribution in [2.45, 2.75) is 40.2 Å². The zero-order valence-corrected chi connectivity index (χ0v) is 13.4. The molecule has 5 heteroatoms. The summed E-state index contributed by atoms with van der Waals surface area (Å²) < 4.78 is 0. The number of nitrogens with zero attached hydrogens (tertiary/aromatic N) is 2. The highest BCUT2D eigenvalue weighted by Gasteiger charge is 2.04. The lowest BCUT2D eigenvalue weighted by Crippen LogP contribution is -2.39. The van der Waals surface area contributed by atoms with E-state index in [0.29, 0.717) is 17.6 Å². The number of nitrogens with one attached hydrogen (secondary N) is 2. The first-order valence-corrected chi connectivity index (χ1v) is 7.69. The average Bonchev–Trinajstić information content (AvgIpc) is 2.47. The molecule has 0 saturated carbocycles. The molecule has 1 heterocycles. The first kappa shape index (κ1) is 16.8. The van der Waals surface area contributed by atoms with Gasteiger partial charge >= 0.3 is 0 Å². The van der Waals surface area contributed by atoms with Gasteiger partial charge in [-0.2, -0.15) is 0 Å². The van der Waals surface area contributed by atoms with Crippen LogP contribution in [0.3, 0.4) is 0 Å². The number of guanidine groups is 1. The van der Waals surface area contributed by atoms with Crippen molar-refractivity contribution < 1.29 is 0 Å². The largest absolute Gasteiger partial charge is 0.357 e. The molecule has 1 rings (SSSR count). The monoisotopic (exact) mass is 296 g/mol. The van der Waals surface area contributed by atoms with Crippen LogP contribution in [0.5, 0.6) is 0 Å². The molecule has 0 atom stereocenters. The molecule has 2 N–H and O–H groups in total. The molecular formula is C15H25ClN4. The molecule has 0 radical (unpaired) electrons. The summed E-state index contributed by atoms with van der Waals surface area (Å²) in [5, 5.41) is 7.17. The molecule has 0 aliphatic rings. The molecule has 112 valence electrons. The molecule has 0 aliphatic heterocycles. The van der Waals surface area contributed by atoms with Crippen molar-refractivity contribution >= 4 is 17.6 Å². The molecular weight excluding hydrogens is 272 g/mol. The summed E-state index contributed by atoms with van der Waals surface area (Å²) in [4.78, 5) is 8.62. The van der Waals surface area contributed by atoms with Gasteiger partial charge in [-0.25, -0.2) is 9.98 Å². The molecule has 0 bridgehead atoms. The Morgan fingerprint density at radius 3 is 2.55 bits per heavy atom. The van der Waals surface area contributed by atoms with Crippen LogP contribution in [0.4, 0.5) is 0 Å². The maximum Gasteiger partial charge on any atom is 0.191 e. The minimum absolute atomic E-state index is 0.511. The molecule has 4 nitrogen and oxygen atoms in total. The molecule has 0 unspecified atom stereocenters. The van der Waals surface area contributed by atoms with Gasteiger partial charge in [0, 0.05) is 19.3 Å². The van der Waals surface area contributed by atoms with E-state index in [1.54, 1.807) is 12.3 Å². The highest BCUT2D eigenvalue weighted by atomic mass is 35.5. The SMILES string of the molecule is CCNC(=NCc1ccc(Cl)nc1)NCC(CC)CC. The van der Waals surface area contributed by atoms with Gasteiger partial charge in [0.15, 0.2) is 5.96 Å². The van der Waals surface area contributed by atoms with Crippen molar-refractivity contribution in [2.24, 2.45) is 10.9 Å². The average molecular weight is 297 g/mol. The van der Waals surface area contributed by atoms with Crippen LogP contribution >= 0.6 is 11.6 Å². The van der Waals surface area contributed by atoms with Crippen LogP contribution in [-0.4, -0.2) is 24.0 Å². The Labute approximate surface area is 127 Å². The number of pyridine rings is 1. The van der Waals surface area contributed by atoms with Gasteiger partial charge in [-0.3, -0.25) is 0 Å². The molecule has 0 aliphatic carbocycles. The van der Waals surface area contributed by atoms with Crippen LogP contribution in [0.2, 0.25) is 5.15 Å². The minimum atomic E-state index is 0.511. The lowest BCUT2D eigenvalue weighted by atomic mass is 10.0. The quantitative estimate of drug-likeness (QED) is 0.461. The summed E-state index contributed by atoms with van der Waals surface area (Å²) in [6.45, 7) is 8.92. The van der Waals surface area contributed by atoms with Crippen molar-refractivity contribution in [2.75, 3.05) is 13.1 Å². The fraction of sp³-hybridized carbons (Fsp3) is 0.600.